The van der Waals surface area contributed by atoms with Crippen LogP contribution in [0.2, 0.25) is 0 Å². The Hall–Kier alpha value is -2.18. The van der Waals surface area contributed by atoms with Crippen LogP contribution in [0.5, 0.6) is 0 Å². The predicted molar refractivity (Wildman–Crippen MR) is 83.1 cm³/mol. The monoisotopic (exact) mass is 325 g/mol. The Bertz CT molecular complexity index is 535. The summed E-state index contributed by atoms with van der Waals surface area (Å²) >= 11 is 0. The van der Waals surface area contributed by atoms with Crippen LogP contribution in [-0.4, -0.2) is 49.5 Å². The molecule has 23 heavy (non-hydrogen) atoms. The minimum atomic E-state index is -0.600. The molecule has 1 atom stereocenters. The van der Waals surface area contributed by atoms with E-state index in [1.54, 1.807) is 27.7 Å². The zero-order chi connectivity index (χ0) is 17.4. The van der Waals surface area contributed by atoms with Crippen molar-refractivity contribution in [2.45, 2.75) is 46.6 Å². The molecule has 0 spiro atoms. The lowest BCUT2D eigenvalue weighted by Gasteiger charge is -2.11. The van der Waals surface area contributed by atoms with Crippen LogP contribution in [-0.2, 0) is 28.6 Å². The average molecular weight is 325 g/mol. The van der Waals surface area contributed by atoms with Gasteiger partial charge in [0.05, 0.1) is 38.7 Å². The van der Waals surface area contributed by atoms with Gasteiger partial charge in [-0.25, -0.2) is 4.79 Å². The molecule has 0 amide bonds. The van der Waals surface area contributed by atoms with Crippen molar-refractivity contribution in [3.05, 3.63) is 11.1 Å². The summed E-state index contributed by atoms with van der Waals surface area (Å²) in [4.78, 5) is 39.9. The number of esters is 3. The van der Waals surface area contributed by atoms with Gasteiger partial charge in [0, 0.05) is 0 Å². The average Bonchev–Trinajstić information content (AvgIpc) is 2.77. The first-order chi connectivity index (χ1) is 10.9. The second-order valence-electron chi connectivity index (χ2n) is 4.84. The third-order valence-electron chi connectivity index (χ3n) is 3.24. The predicted octanol–water partition coefficient (Wildman–Crippen LogP) is 1.60. The van der Waals surface area contributed by atoms with E-state index < -0.39 is 17.9 Å². The highest BCUT2D eigenvalue weighted by atomic mass is 16.5. The first-order valence-corrected chi connectivity index (χ1v) is 7.72. The van der Waals surface area contributed by atoms with E-state index in [2.05, 4.69) is 4.99 Å². The van der Waals surface area contributed by atoms with Crippen molar-refractivity contribution in [3.8, 4) is 0 Å². The normalized spacial score (nSPS) is 16.9. The van der Waals surface area contributed by atoms with E-state index >= 15 is 0 Å². The van der Waals surface area contributed by atoms with Gasteiger partial charge in [0.1, 0.15) is 5.71 Å². The Kier molecular flexibility index (Phi) is 7.44. The number of aliphatic imine (C=N–C) groups is 1. The Balaban J connectivity index is 3.08. The fourth-order valence-corrected chi connectivity index (χ4v) is 2.30. The van der Waals surface area contributed by atoms with Gasteiger partial charge < -0.3 is 14.2 Å². The topological polar surface area (TPSA) is 91.3 Å². The van der Waals surface area contributed by atoms with E-state index in [-0.39, 0.29) is 44.4 Å². The SMILES string of the molecule is CCOC(=O)CC1=C(CC(=O)OCC)C(C)N=C1C(=O)OCC. The molecule has 0 bridgehead atoms. The lowest BCUT2D eigenvalue weighted by Crippen LogP contribution is -2.21. The maximum Gasteiger partial charge on any atom is 0.356 e. The van der Waals surface area contributed by atoms with Crippen LogP contribution >= 0.6 is 0 Å². The molecule has 0 N–H and O–H groups in total. The number of hydrogen-bond donors (Lipinski definition) is 0. The largest absolute Gasteiger partial charge is 0.466 e. The summed E-state index contributed by atoms with van der Waals surface area (Å²) < 4.78 is 14.8. The van der Waals surface area contributed by atoms with Crippen molar-refractivity contribution in [1.82, 2.24) is 0 Å². The van der Waals surface area contributed by atoms with Crippen molar-refractivity contribution >= 4 is 23.6 Å². The standard InChI is InChI=1S/C16H23NO6/c1-5-21-13(18)8-11-10(4)17-15(16(20)23-7-3)12(11)9-14(19)22-6-2/h10H,5-9H2,1-4H3. The second-order valence-corrected chi connectivity index (χ2v) is 4.84. The molecule has 0 aromatic rings. The molecule has 128 valence electrons. The Morgan fingerprint density at radius 3 is 1.96 bits per heavy atom. The summed E-state index contributed by atoms with van der Waals surface area (Å²) in [5.41, 5.74) is 1.09. The summed E-state index contributed by atoms with van der Waals surface area (Å²) in [6.07, 6.45) is -0.138. The molecule has 7 heteroatoms. The van der Waals surface area contributed by atoms with Gasteiger partial charge in [-0.05, 0) is 38.8 Å². The van der Waals surface area contributed by atoms with Gasteiger partial charge in [-0.1, -0.05) is 0 Å². The van der Waals surface area contributed by atoms with Gasteiger partial charge in [0.25, 0.3) is 0 Å². The Morgan fingerprint density at radius 2 is 1.43 bits per heavy atom. The molecule has 1 unspecified atom stereocenters. The highest BCUT2D eigenvalue weighted by Gasteiger charge is 2.33. The lowest BCUT2D eigenvalue weighted by atomic mass is 9.97. The molecular weight excluding hydrogens is 302 g/mol. The highest BCUT2D eigenvalue weighted by Crippen LogP contribution is 2.28. The molecule has 0 aromatic heterocycles. The van der Waals surface area contributed by atoms with E-state index in [0.29, 0.717) is 11.1 Å². The van der Waals surface area contributed by atoms with Crippen LogP contribution in [0.15, 0.2) is 16.1 Å². The van der Waals surface area contributed by atoms with Crippen molar-refractivity contribution in [3.63, 3.8) is 0 Å². The van der Waals surface area contributed by atoms with Gasteiger partial charge in [-0.3, -0.25) is 14.6 Å². The summed E-state index contributed by atoms with van der Waals surface area (Å²) in [7, 11) is 0. The zero-order valence-corrected chi connectivity index (χ0v) is 14.0. The minimum Gasteiger partial charge on any atom is -0.466 e. The number of carbonyl (C=O) groups excluding carboxylic acids is 3. The van der Waals surface area contributed by atoms with Crippen LogP contribution in [0.1, 0.15) is 40.5 Å². The maximum atomic E-state index is 12.0. The molecule has 0 saturated carbocycles. The van der Waals surface area contributed by atoms with E-state index in [0.717, 1.165) is 0 Å². The quantitative estimate of drug-likeness (QED) is 0.497. The molecule has 0 saturated heterocycles. The van der Waals surface area contributed by atoms with E-state index in [1.807, 2.05) is 0 Å². The Labute approximate surface area is 135 Å². The molecule has 1 heterocycles. The maximum absolute atomic E-state index is 12.0. The van der Waals surface area contributed by atoms with Gasteiger partial charge >= 0.3 is 17.9 Å². The summed E-state index contributed by atoms with van der Waals surface area (Å²) in [5, 5.41) is 0. The number of ether oxygens (including phenoxy) is 3. The van der Waals surface area contributed by atoms with Gasteiger partial charge in [-0.15, -0.1) is 0 Å². The molecule has 0 fully saturated rings. The van der Waals surface area contributed by atoms with Gasteiger partial charge in [0.15, 0.2) is 0 Å². The van der Waals surface area contributed by atoms with Gasteiger partial charge in [0.2, 0.25) is 0 Å². The molecule has 1 aliphatic rings. The Morgan fingerprint density at radius 1 is 0.913 bits per heavy atom. The summed E-state index contributed by atoms with van der Waals surface area (Å²) in [6.45, 7) is 7.55. The summed E-state index contributed by atoms with van der Waals surface area (Å²) in [6, 6.07) is -0.386. The number of carbonyl (C=O) groups is 3. The molecule has 1 aliphatic heterocycles. The highest BCUT2D eigenvalue weighted by molar-refractivity contribution is 6.44. The number of hydrogen-bond acceptors (Lipinski definition) is 7. The smallest absolute Gasteiger partial charge is 0.356 e. The summed E-state index contributed by atoms with van der Waals surface area (Å²) in [5.74, 6) is -1.50. The lowest BCUT2D eigenvalue weighted by molar-refractivity contribution is -0.143. The van der Waals surface area contributed by atoms with Gasteiger partial charge in [-0.2, -0.15) is 0 Å². The molecule has 0 aromatic carbocycles. The van der Waals surface area contributed by atoms with Crippen molar-refractivity contribution in [2.24, 2.45) is 4.99 Å². The van der Waals surface area contributed by atoms with Crippen molar-refractivity contribution in [2.75, 3.05) is 19.8 Å². The van der Waals surface area contributed by atoms with Crippen molar-refractivity contribution in [1.29, 1.82) is 0 Å². The van der Waals surface area contributed by atoms with Crippen molar-refractivity contribution < 1.29 is 28.6 Å². The van der Waals surface area contributed by atoms with Crippen LogP contribution < -0.4 is 0 Å². The third-order valence-corrected chi connectivity index (χ3v) is 3.24. The van der Waals surface area contributed by atoms with E-state index in [1.165, 1.54) is 0 Å². The van der Waals surface area contributed by atoms with Crippen LogP contribution in [0.3, 0.4) is 0 Å². The molecule has 0 radical (unpaired) electrons. The first kappa shape index (κ1) is 18.9. The first-order valence-electron chi connectivity index (χ1n) is 7.72. The van der Waals surface area contributed by atoms with E-state index in [4.69, 9.17) is 14.2 Å². The second kappa shape index (κ2) is 9.07. The third kappa shape index (κ3) is 5.19. The van der Waals surface area contributed by atoms with Crippen LogP contribution in [0, 0.1) is 0 Å². The van der Waals surface area contributed by atoms with Crippen LogP contribution in [0.4, 0.5) is 0 Å². The zero-order valence-electron chi connectivity index (χ0n) is 14.0. The minimum absolute atomic E-state index is 0.0177. The fraction of sp³-hybridized carbons (Fsp3) is 0.625. The van der Waals surface area contributed by atoms with E-state index in [9.17, 15) is 14.4 Å². The number of nitrogens with zero attached hydrogens (tertiary/aromatic N) is 1. The van der Waals surface area contributed by atoms with Crippen LogP contribution in [0.25, 0.3) is 0 Å². The fourth-order valence-electron chi connectivity index (χ4n) is 2.30. The number of rotatable bonds is 8. The molecule has 7 nitrogen and oxygen atoms in total. The molecule has 1 rings (SSSR count). The molecule has 0 aliphatic carbocycles. The molecular formula is C16H23NO6.